The number of rotatable bonds is 3. The summed E-state index contributed by atoms with van der Waals surface area (Å²) in [5.41, 5.74) is 4.84. The number of thiophene rings is 1. The smallest absolute Gasteiger partial charge is 0.166 e. The van der Waals surface area contributed by atoms with Crippen LogP contribution in [0.2, 0.25) is 0 Å². The van der Waals surface area contributed by atoms with Gasteiger partial charge in [0, 0.05) is 32.2 Å². The molecule has 164 valence electrons. The molecule has 0 saturated carbocycles. The van der Waals surface area contributed by atoms with Crippen molar-refractivity contribution < 1.29 is 0 Å². The molecule has 0 aliphatic heterocycles. The van der Waals surface area contributed by atoms with Crippen LogP contribution in [0.5, 0.6) is 0 Å². The molecular weight excluding hydrogens is 448 g/mol. The summed E-state index contributed by atoms with van der Waals surface area (Å²) in [4.78, 5) is 20.0. The molecule has 3 heterocycles. The summed E-state index contributed by atoms with van der Waals surface area (Å²) in [7, 11) is 0. The lowest BCUT2D eigenvalue weighted by atomic mass is 10.1. The van der Waals surface area contributed by atoms with Crippen LogP contribution >= 0.6 is 11.3 Å². The summed E-state index contributed by atoms with van der Waals surface area (Å²) in [5, 5.41) is 2.19. The Bertz CT molecular complexity index is 1790. The van der Waals surface area contributed by atoms with Crippen molar-refractivity contribution in [2.75, 3.05) is 0 Å². The third-order valence-corrected chi connectivity index (χ3v) is 7.30. The molecule has 4 aromatic carbocycles. The monoisotopic (exact) mass is 466 g/mol. The van der Waals surface area contributed by atoms with Gasteiger partial charge in [0.2, 0.25) is 0 Å². The number of fused-ring (bicyclic) bond motifs is 4. The van der Waals surface area contributed by atoms with E-state index in [2.05, 4.69) is 36.4 Å². The van der Waals surface area contributed by atoms with E-state index >= 15 is 0 Å². The highest BCUT2D eigenvalue weighted by Crippen LogP contribution is 2.42. The lowest BCUT2D eigenvalue weighted by molar-refractivity contribution is 1.08. The van der Waals surface area contributed by atoms with Crippen molar-refractivity contribution in [2.45, 2.75) is 0 Å². The van der Waals surface area contributed by atoms with Crippen molar-refractivity contribution in [3.63, 3.8) is 0 Å². The molecule has 3 aromatic heterocycles. The average molecular weight is 467 g/mol. The Morgan fingerprint density at radius 2 is 1.00 bits per heavy atom. The van der Waals surface area contributed by atoms with E-state index < -0.39 is 0 Å². The molecule has 35 heavy (non-hydrogen) atoms. The molecule has 0 bridgehead atoms. The number of para-hydroxylation sites is 1. The number of benzene rings is 4. The second-order valence-electron chi connectivity index (χ2n) is 8.32. The van der Waals surface area contributed by atoms with Crippen LogP contribution in [0.25, 0.3) is 65.4 Å². The summed E-state index contributed by atoms with van der Waals surface area (Å²) in [5.74, 6) is 1.97. The molecule has 0 aliphatic rings. The van der Waals surface area contributed by atoms with Crippen molar-refractivity contribution in [3.05, 3.63) is 109 Å². The SMILES string of the molecule is c1ccc(-c2nc(-c3ccccc3)nc(-c3c4ccccc4nc4c3sc3ccccc34)n2)cc1. The number of aromatic nitrogens is 4. The summed E-state index contributed by atoms with van der Waals surface area (Å²) in [6.45, 7) is 0. The zero-order valence-corrected chi connectivity index (χ0v) is 19.4. The van der Waals surface area contributed by atoms with Crippen LogP contribution in [0.4, 0.5) is 0 Å². The number of pyridine rings is 1. The third kappa shape index (κ3) is 3.36. The normalized spacial score (nSPS) is 11.4. The Morgan fingerprint density at radius 1 is 0.457 bits per heavy atom. The second kappa shape index (κ2) is 8.08. The van der Waals surface area contributed by atoms with Gasteiger partial charge >= 0.3 is 0 Å². The number of hydrogen-bond donors (Lipinski definition) is 0. The molecule has 0 fully saturated rings. The van der Waals surface area contributed by atoms with Crippen molar-refractivity contribution in [1.82, 2.24) is 19.9 Å². The average Bonchev–Trinajstić information content (AvgIpc) is 3.30. The fourth-order valence-corrected chi connectivity index (χ4v) is 5.68. The van der Waals surface area contributed by atoms with E-state index in [1.165, 1.54) is 4.70 Å². The van der Waals surface area contributed by atoms with Gasteiger partial charge in [-0.1, -0.05) is 97.1 Å². The predicted octanol–water partition coefficient (Wildman–Crippen LogP) is 7.79. The minimum Gasteiger partial charge on any atom is -0.246 e. The van der Waals surface area contributed by atoms with Crippen molar-refractivity contribution in [2.24, 2.45) is 0 Å². The van der Waals surface area contributed by atoms with E-state index in [0.717, 1.165) is 43.2 Å². The zero-order chi connectivity index (χ0) is 23.2. The van der Waals surface area contributed by atoms with Crippen LogP contribution in [-0.4, -0.2) is 19.9 Å². The number of hydrogen-bond acceptors (Lipinski definition) is 5. The summed E-state index contributed by atoms with van der Waals surface area (Å²) < 4.78 is 2.29. The van der Waals surface area contributed by atoms with Gasteiger partial charge in [-0.15, -0.1) is 11.3 Å². The Hall–Kier alpha value is -4.48. The van der Waals surface area contributed by atoms with E-state index in [0.29, 0.717) is 17.5 Å². The quantitative estimate of drug-likeness (QED) is 0.267. The first-order valence-electron chi connectivity index (χ1n) is 11.4. The van der Waals surface area contributed by atoms with Crippen LogP contribution in [0, 0.1) is 0 Å². The lowest BCUT2D eigenvalue weighted by Gasteiger charge is -2.11. The van der Waals surface area contributed by atoms with Gasteiger partial charge in [0.05, 0.1) is 15.7 Å². The molecule has 0 radical (unpaired) electrons. The van der Waals surface area contributed by atoms with E-state index in [1.54, 1.807) is 11.3 Å². The molecular formula is C30H18N4S. The Balaban J connectivity index is 1.61. The van der Waals surface area contributed by atoms with Crippen molar-refractivity contribution >= 4 is 42.5 Å². The molecule has 0 aliphatic carbocycles. The molecule has 0 saturated heterocycles. The molecule has 0 amide bonds. The largest absolute Gasteiger partial charge is 0.246 e. The maximum atomic E-state index is 5.05. The third-order valence-electron chi connectivity index (χ3n) is 6.12. The van der Waals surface area contributed by atoms with Crippen molar-refractivity contribution in [1.29, 1.82) is 0 Å². The van der Waals surface area contributed by atoms with E-state index in [1.807, 2.05) is 72.8 Å². The van der Waals surface area contributed by atoms with E-state index in [4.69, 9.17) is 19.9 Å². The zero-order valence-electron chi connectivity index (χ0n) is 18.6. The van der Waals surface area contributed by atoms with Gasteiger partial charge < -0.3 is 0 Å². The molecule has 0 N–H and O–H groups in total. The van der Waals surface area contributed by atoms with Gasteiger partial charge in [0.15, 0.2) is 17.5 Å². The minimum atomic E-state index is 0.657. The van der Waals surface area contributed by atoms with Gasteiger partial charge in [0.1, 0.15) is 0 Å². The van der Waals surface area contributed by atoms with E-state index in [9.17, 15) is 0 Å². The highest BCUT2D eigenvalue weighted by molar-refractivity contribution is 7.26. The Kier molecular flexibility index (Phi) is 4.60. The van der Waals surface area contributed by atoms with Gasteiger partial charge in [-0.3, -0.25) is 0 Å². The molecule has 0 spiro atoms. The molecule has 0 unspecified atom stereocenters. The maximum absolute atomic E-state index is 5.05. The first-order valence-corrected chi connectivity index (χ1v) is 12.2. The Morgan fingerprint density at radius 3 is 1.69 bits per heavy atom. The van der Waals surface area contributed by atoms with Crippen LogP contribution in [0.15, 0.2) is 109 Å². The lowest BCUT2D eigenvalue weighted by Crippen LogP contribution is -2.01. The van der Waals surface area contributed by atoms with Crippen LogP contribution in [0.3, 0.4) is 0 Å². The fraction of sp³-hybridized carbons (Fsp3) is 0. The van der Waals surface area contributed by atoms with E-state index in [-0.39, 0.29) is 0 Å². The number of nitrogens with zero attached hydrogens (tertiary/aromatic N) is 4. The molecule has 7 aromatic rings. The van der Waals surface area contributed by atoms with Crippen LogP contribution in [-0.2, 0) is 0 Å². The highest BCUT2D eigenvalue weighted by atomic mass is 32.1. The molecule has 4 nitrogen and oxygen atoms in total. The van der Waals surface area contributed by atoms with Gasteiger partial charge in [-0.25, -0.2) is 19.9 Å². The summed E-state index contributed by atoms with van der Waals surface area (Å²) in [6.07, 6.45) is 0. The predicted molar refractivity (Wildman–Crippen MR) is 144 cm³/mol. The Labute approximate surface area is 205 Å². The first kappa shape index (κ1) is 19.9. The molecule has 5 heteroatoms. The molecule has 7 rings (SSSR count). The highest BCUT2D eigenvalue weighted by Gasteiger charge is 2.20. The topological polar surface area (TPSA) is 51.6 Å². The van der Waals surface area contributed by atoms with Crippen LogP contribution in [0.1, 0.15) is 0 Å². The van der Waals surface area contributed by atoms with Gasteiger partial charge in [-0.05, 0) is 12.1 Å². The summed E-state index contributed by atoms with van der Waals surface area (Å²) in [6, 6.07) is 36.8. The fourth-order valence-electron chi connectivity index (χ4n) is 4.48. The van der Waals surface area contributed by atoms with Crippen LogP contribution < -0.4 is 0 Å². The first-order chi connectivity index (χ1) is 17.3. The minimum absolute atomic E-state index is 0.657. The summed E-state index contributed by atoms with van der Waals surface area (Å²) >= 11 is 1.74. The molecule has 0 atom stereocenters. The van der Waals surface area contributed by atoms with Gasteiger partial charge in [-0.2, -0.15) is 0 Å². The second-order valence-corrected chi connectivity index (χ2v) is 9.37. The standard InChI is InChI=1S/C30H18N4S/c1-3-11-19(12-4-1)28-32-29(20-13-5-2-6-14-20)34-30(33-28)25-21-15-7-9-17-23(21)31-26-22-16-8-10-18-24(22)35-27(25)26/h1-18H. The van der Waals surface area contributed by atoms with Crippen molar-refractivity contribution in [3.8, 4) is 34.2 Å². The maximum Gasteiger partial charge on any atom is 0.166 e. The van der Waals surface area contributed by atoms with Gasteiger partial charge in [0.25, 0.3) is 0 Å².